The van der Waals surface area contributed by atoms with Crippen LogP contribution in [0.2, 0.25) is 0 Å². The molecule has 0 bridgehead atoms. The third-order valence-corrected chi connectivity index (χ3v) is 10.2. The molecule has 0 heterocycles. The number of methoxy groups -OCH3 is 2. The zero-order valence-corrected chi connectivity index (χ0v) is 36.3. The summed E-state index contributed by atoms with van der Waals surface area (Å²) in [6.45, 7) is 11.0. The number of rotatable bonds is 20. The van der Waals surface area contributed by atoms with E-state index in [1.54, 1.807) is 66.0 Å². The van der Waals surface area contributed by atoms with Crippen LogP contribution < -0.4 is 36.1 Å². The molecule has 5 unspecified atom stereocenters. The average molecular weight is 840 g/mol. The van der Waals surface area contributed by atoms with E-state index in [0.29, 0.717) is 17.1 Å². The van der Waals surface area contributed by atoms with Crippen molar-refractivity contribution in [1.29, 1.82) is 0 Å². The number of carbonyl (C=O) groups is 4. The van der Waals surface area contributed by atoms with E-state index < -0.39 is 65.4 Å². The summed E-state index contributed by atoms with van der Waals surface area (Å²) in [6, 6.07) is 24.0. The first kappa shape index (κ1) is 47.6. The number of ether oxygens (including phenoxy) is 3. The van der Waals surface area contributed by atoms with Crippen LogP contribution in [0.25, 0.3) is 0 Å². The minimum Gasteiger partial charge on any atom is -0.507 e. The van der Waals surface area contributed by atoms with Gasteiger partial charge in [-0.1, -0.05) is 107 Å². The summed E-state index contributed by atoms with van der Waals surface area (Å²) in [4.78, 5) is 55.5. The number of carbonyl (C=O) groups excluding carboxylic acids is 4. The third kappa shape index (κ3) is 14.5. The number of hydrogen-bond acceptors (Lipinski definition) is 10. The zero-order chi connectivity index (χ0) is 44.7. The predicted molar refractivity (Wildman–Crippen MR) is 233 cm³/mol. The average Bonchev–Trinajstić information content (AvgIpc) is 3.23. The first-order chi connectivity index (χ1) is 29.0. The van der Waals surface area contributed by atoms with Crippen molar-refractivity contribution >= 4 is 23.8 Å². The van der Waals surface area contributed by atoms with Crippen molar-refractivity contribution in [3.05, 3.63) is 125 Å². The highest BCUT2D eigenvalue weighted by Crippen LogP contribution is 2.24. The van der Waals surface area contributed by atoms with Crippen LogP contribution in [-0.4, -0.2) is 78.5 Å². The van der Waals surface area contributed by atoms with Crippen molar-refractivity contribution in [1.82, 2.24) is 26.6 Å². The fourth-order valence-corrected chi connectivity index (χ4v) is 6.64. The number of aliphatic hydroxyl groups excluding tert-OH is 1. The first-order valence-corrected chi connectivity index (χ1v) is 20.3. The largest absolute Gasteiger partial charge is 0.507 e. The number of phenols is 1. The number of alkyl carbamates (subject to hydrolysis) is 1. The molecular weight excluding hydrogens is 779 g/mol. The second-order valence-corrected chi connectivity index (χ2v) is 16.5. The fourth-order valence-electron chi connectivity index (χ4n) is 6.64. The Morgan fingerprint density at radius 3 is 1.95 bits per heavy atom. The Balaban J connectivity index is 1.61. The smallest absolute Gasteiger partial charge is 0.408 e. The summed E-state index contributed by atoms with van der Waals surface area (Å²) in [6.07, 6.45) is -2.26. The maximum atomic E-state index is 14.4. The Kier molecular flexibility index (Phi) is 17.5. The minimum absolute atomic E-state index is 0.00263. The maximum Gasteiger partial charge on any atom is 0.408 e. The van der Waals surface area contributed by atoms with Gasteiger partial charge in [-0.3, -0.25) is 19.7 Å². The molecular formula is C47H61N5O9. The zero-order valence-electron chi connectivity index (χ0n) is 36.3. The number of nitrogens with one attached hydrogen (secondary N) is 5. The van der Waals surface area contributed by atoms with E-state index in [1.807, 2.05) is 73.7 Å². The molecule has 0 aliphatic rings. The van der Waals surface area contributed by atoms with Gasteiger partial charge < -0.3 is 45.7 Å². The summed E-state index contributed by atoms with van der Waals surface area (Å²) >= 11 is 0. The lowest BCUT2D eigenvalue weighted by molar-refractivity contribution is -0.134. The molecule has 14 nitrogen and oxygen atoms in total. The van der Waals surface area contributed by atoms with Crippen molar-refractivity contribution < 1.29 is 43.6 Å². The molecule has 4 rings (SSSR count). The van der Waals surface area contributed by atoms with Crippen LogP contribution in [0.5, 0.6) is 17.2 Å². The molecule has 7 N–H and O–H groups in total. The standard InChI is InChI=1S/C47H61N5O9/c1-29(2)39(43(55)49-27-34-19-22-36(60-8)25-38(34)53)51-44(56)40(48-26-32-17-20-35(59-7)21-18-32)41(54)37(24-31-14-10-9-11-15-31)50-45(57)42(47(4,5)6)52-46(58)61-28-33-16-12-13-30(3)23-33/h9-23,25,29,37,39-42,48,53-54H,24,26-28H2,1-8H3,(H,49,55)(H,50,57)(H,51,56)(H,52,58). The van der Waals surface area contributed by atoms with Gasteiger partial charge >= 0.3 is 6.09 Å². The monoisotopic (exact) mass is 839 g/mol. The molecule has 0 aliphatic heterocycles. The van der Waals surface area contributed by atoms with Crippen molar-refractivity contribution in [3.63, 3.8) is 0 Å². The SMILES string of the molecule is COc1ccc(CNC(C(=O)NC(C(=O)NCc2ccc(OC)cc2O)C(C)C)C(O)C(Cc2ccccc2)NC(=O)C(NC(=O)OCc2cccc(C)c2)C(C)(C)C)cc1. The van der Waals surface area contributed by atoms with Crippen molar-refractivity contribution in [3.8, 4) is 17.2 Å². The number of benzene rings is 4. The van der Waals surface area contributed by atoms with Crippen LogP contribution in [-0.2, 0) is 45.2 Å². The molecule has 0 saturated heterocycles. The van der Waals surface area contributed by atoms with Gasteiger partial charge in [0, 0.05) is 24.7 Å². The lowest BCUT2D eigenvalue weighted by Crippen LogP contribution is -2.63. The summed E-state index contributed by atoms with van der Waals surface area (Å²) in [5, 5.41) is 37.3. The molecule has 14 heteroatoms. The Bertz CT molecular complexity index is 2050. The normalized spacial score (nSPS) is 13.8. The van der Waals surface area contributed by atoms with Crippen molar-refractivity contribution in [2.24, 2.45) is 11.3 Å². The van der Waals surface area contributed by atoms with Crippen LogP contribution in [0.4, 0.5) is 4.79 Å². The summed E-state index contributed by atoms with van der Waals surface area (Å²) < 4.78 is 16.0. The van der Waals surface area contributed by atoms with E-state index in [9.17, 15) is 29.4 Å². The molecule has 0 aliphatic carbocycles. The number of aliphatic hydroxyl groups is 1. The molecule has 0 saturated carbocycles. The van der Waals surface area contributed by atoms with E-state index >= 15 is 0 Å². The predicted octanol–water partition coefficient (Wildman–Crippen LogP) is 5.06. The number of aromatic hydroxyl groups is 1. The van der Waals surface area contributed by atoms with Gasteiger partial charge in [0.05, 0.1) is 26.4 Å². The Morgan fingerprint density at radius 1 is 0.689 bits per heavy atom. The van der Waals surface area contributed by atoms with E-state index in [1.165, 1.54) is 13.2 Å². The molecule has 4 aromatic carbocycles. The fraction of sp³-hybridized carbons (Fsp3) is 0.404. The van der Waals surface area contributed by atoms with Gasteiger partial charge in [-0.25, -0.2) is 4.79 Å². The van der Waals surface area contributed by atoms with Gasteiger partial charge in [0.2, 0.25) is 17.7 Å². The van der Waals surface area contributed by atoms with Gasteiger partial charge in [0.15, 0.2) is 0 Å². The van der Waals surface area contributed by atoms with Gasteiger partial charge in [-0.15, -0.1) is 0 Å². The molecule has 5 atom stereocenters. The molecule has 0 aromatic heterocycles. The Hall–Kier alpha value is -6.12. The van der Waals surface area contributed by atoms with Crippen LogP contribution in [0.15, 0.2) is 97.1 Å². The van der Waals surface area contributed by atoms with Crippen LogP contribution >= 0.6 is 0 Å². The molecule has 328 valence electrons. The minimum atomic E-state index is -1.57. The topological polar surface area (TPSA) is 197 Å². The van der Waals surface area contributed by atoms with E-state index in [-0.39, 0.29) is 31.9 Å². The van der Waals surface area contributed by atoms with Crippen LogP contribution in [0.3, 0.4) is 0 Å². The van der Waals surface area contributed by atoms with Gasteiger partial charge in [0.1, 0.15) is 42.0 Å². The Morgan fingerprint density at radius 2 is 1.34 bits per heavy atom. The highest BCUT2D eigenvalue weighted by Gasteiger charge is 2.39. The van der Waals surface area contributed by atoms with Crippen LogP contribution in [0, 0.1) is 18.3 Å². The van der Waals surface area contributed by atoms with E-state index in [2.05, 4.69) is 26.6 Å². The van der Waals surface area contributed by atoms with Crippen LogP contribution in [0.1, 0.15) is 62.4 Å². The summed E-state index contributed by atoms with van der Waals surface area (Å²) in [5.41, 5.74) is 2.97. The quantitative estimate of drug-likeness (QED) is 0.0632. The lowest BCUT2D eigenvalue weighted by atomic mass is 9.85. The molecule has 4 aromatic rings. The molecule has 0 fully saturated rings. The second kappa shape index (κ2) is 22.5. The highest BCUT2D eigenvalue weighted by molar-refractivity contribution is 5.91. The molecule has 4 amide bonds. The van der Waals surface area contributed by atoms with E-state index in [4.69, 9.17) is 14.2 Å². The lowest BCUT2D eigenvalue weighted by Gasteiger charge is -2.35. The van der Waals surface area contributed by atoms with E-state index in [0.717, 1.165) is 22.3 Å². The Labute approximate surface area is 358 Å². The summed E-state index contributed by atoms with van der Waals surface area (Å²) in [7, 11) is 3.04. The second-order valence-electron chi connectivity index (χ2n) is 16.5. The third-order valence-electron chi connectivity index (χ3n) is 10.2. The number of amides is 4. The maximum absolute atomic E-state index is 14.4. The summed E-state index contributed by atoms with van der Waals surface area (Å²) in [5.74, 6) is -1.17. The highest BCUT2D eigenvalue weighted by atomic mass is 16.5. The van der Waals surface area contributed by atoms with Gasteiger partial charge in [0.25, 0.3) is 0 Å². The number of phenolic OH excluding ortho intramolecular Hbond substituents is 1. The number of hydrogen-bond donors (Lipinski definition) is 7. The molecule has 0 radical (unpaired) electrons. The van der Waals surface area contributed by atoms with Gasteiger partial charge in [-0.05, 0) is 65.6 Å². The first-order valence-electron chi connectivity index (χ1n) is 20.3. The molecule has 0 spiro atoms. The van der Waals surface area contributed by atoms with Crippen molar-refractivity contribution in [2.75, 3.05) is 14.2 Å². The van der Waals surface area contributed by atoms with Crippen molar-refractivity contribution in [2.45, 2.75) is 97.9 Å². The number of aryl methyl sites for hydroxylation is 1. The van der Waals surface area contributed by atoms with Gasteiger partial charge in [-0.2, -0.15) is 0 Å². The molecule has 61 heavy (non-hydrogen) atoms.